The third-order valence-electron chi connectivity index (χ3n) is 7.60. The van der Waals surface area contributed by atoms with Crippen molar-refractivity contribution in [1.29, 1.82) is 0 Å². The van der Waals surface area contributed by atoms with Crippen molar-refractivity contribution in [3.63, 3.8) is 0 Å². The van der Waals surface area contributed by atoms with Crippen LogP contribution in [0.5, 0.6) is 5.75 Å². The lowest BCUT2D eigenvalue weighted by Crippen LogP contribution is -3.61. The Morgan fingerprint density at radius 1 is 0.553 bits per heavy atom. The van der Waals surface area contributed by atoms with Crippen LogP contribution in [0.25, 0.3) is 0 Å². The molecule has 0 saturated heterocycles. The Balaban J connectivity index is 1.61. The van der Waals surface area contributed by atoms with Crippen molar-refractivity contribution < 1.29 is 30.7 Å². The predicted octanol–water partition coefficient (Wildman–Crippen LogP) is 7.40. The van der Waals surface area contributed by atoms with Crippen LogP contribution in [0.1, 0.15) is 97.3 Å². The minimum Gasteiger partial charge on any atom is -0.491 e. The third-order valence-corrected chi connectivity index (χ3v) is 15.0. The summed E-state index contributed by atoms with van der Waals surface area (Å²) in [5, 5.41) is 0. The highest BCUT2D eigenvalue weighted by molar-refractivity contribution is 6.78. The summed E-state index contributed by atoms with van der Waals surface area (Å²) in [6.45, 7) is 9.52. The Morgan fingerprint density at radius 2 is 1.08 bits per heavy atom. The van der Waals surface area contributed by atoms with Crippen molar-refractivity contribution >= 4 is 8.07 Å². The first kappa shape index (κ1) is 33.4. The minimum absolute atomic E-state index is 0.112. The highest BCUT2D eigenvalue weighted by Crippen LogP contribution is 2.28. The molecular weight excluding hydrogens is 595 g/mol. The number of unbranched alkanes of at least 4 members (excludes halogenated alkanes) is 10. The van der Waals surface area contributed by atoms with Crippen LogP contribution in [-0.2, 0) is 4.74 Å². The summed E-state index contributed by atoms with van der Waals surface area (Å²) in [7, 11) is -1.15. The van der Waals surface area contributed by atoms with Crippen LogP contribution in [0, 0.1) is 7.14 Å². The number of hydrogen-bond acceptors (Lipinski definition) is 2. The second kappa shape index (κ2) is 21.9. The number of hydrogen-bond donors (Lipinski definition) is 0. The van der Waals surface area contributed by atoms with Crippen LogP contribution in [-0.4, -0.2) is 27.9 Å². The van der Waals surface area contributed by atoms with E-state index in [1.54, 1.807) is 0 Å². The molecule has 2 aromatic rings. The maximum absolute atomic E-state index is 6.00. The van der Waals surface area contributed by atoms with Gasteiger partial charge in [0.25, 0.3) is 0 Å². The van der Waals surface area contributed by atoms with Crippen molar-refractivity contribution in [2.24, 2.45) is 0 Å². The standard InChI is InChI=1S/C34H56IO2Si/c1-4-6-8-10-12-17-29-38(3,30-18-13-11-9-7-5-2)31-19-26-36-27-28-37-34-24-22-33(23-25-34)35-32-20-15-14-16-21-32/h14-16,20-25H,4-13,17-19,26-31H2,1-3H3/q+1. The van der Waals surface area contributed by atoms with Gasteiger partial charge in [0.1, 0.15) is 12.4 Å². The van der Waals surface area contributed by atoms with E-state index in [4.69, 9.17) is 9.47 Å². The van der Waals surface area contributed by atoms with Gasteiger partial charge in [-0.3, -0.25) is 0 Å². The molecule has 0 aliphatic carbocycles. The Labute approximate surface area is 247 Å². The van der Waals surface area contributed by atoms with Gasteiger partial charge in [-0.25, -0.2) is 0 Å². The molecule has 0 aromatic heterocycles. The molecule has 0 N–H and O–H groups in total. The summed E-state index contributed by atoms with van der Waals surface area (Å²) in [5.41, 5.74) is 0. The quantitative estimate of drug-likeness (QED) is 0.0670. The van der Waals surface area contributed by atoms with Crippen molar-refractivity contribution in [2.45, 2.75) is 122 Å². The molecule has 214 valence electrons. The average Bonchev–Trinajstić information content (AvgIpc) is 2.93. The Hall–Kier alpha value is -0.853. The Bertz CT molecular complexity index is 780. The summed E-state index contributed by atoms with van der Waals surface area (Å²) in [4.78, 5) is 0. The molecular formula is C34H56IO2Si+. The highest BCUT2D eigenvalue weighted by atomic mass is 127. The summed E-state index contributed by atoms with van der Waals surface area (Å²) < 4.78 is 14.8. The lowest BCUT2D eigenvalue weighted by Gasteiger charge is -2.28. The van der Waals surface area contributed by atoms with Crippen LogP contribution >= 0.6 is 0 Å². The van der Waals surface area contributed by atoms with Gasteiger partial charge in [-0.05, 0) is 42.8 Å². The fraction of sp³-hybridized carbons (Fsp3) is 0.647. The normalized spacial score (nSPS) is 11.7. The SMILES string of the molecule is CCCCCCCC[Si](C)(CCCCCCCC)CCCOCCOc1ccc([I+]c2ccccc2)cc1. The molecule has 2 aromatic carbocycles. The number of halogens is 1. The van der Waals surface area contributed by atoms with Gasteiger partial charge in [0.05, 0.1) is 14.7 Å². The van der Waals surface area contributed by atoms with Crippen molar-refractivity contribution in [3.05, 3.63) is 61.7 Å². The molecule has 0 aliphatic heterocycles. The maximum atomic E-state index is 6.00. The van der Waals surface area contributed by atoms with Crippen LogP contribution in [0.4, 0.5) is 0 Å². The van der Waals surface area contributed by atoms with E-state index in [0.29, 0.717) is 13.2 Å². The summed E-state index contributed by atoms with van der Waals surface area (Å²) in [6.07, 6.45) is 18.3. The minimum atomic E-state index is -1.15. The fourth-order valence-electron chi connectivity index (χ4n) is 5.16. The van der Waals surface area contributed by atoms with Gasteiger partial charge >= 0.3 is 21.2 Å². The second-order valence-electron chi connectivity index (χ2n) is 11.3. The number of ether oxygens (including phenoxy) is 2. The first-order valence-corrected chi connectivity index (χ1v) is 20.9. The van der Waals surface area contributed by atoms with Crippen LogP contribution in [0.3, 0.4) is 0 Å². The first-order chi connectivity index (χ1) is 18.6. The Kier molecular flexibility index (Phi) is 19.2. The second-order valence-corrected chi connectivity index (χ2v) is 19.4. The molecule has 0 heterocycles. The van der Waals surface area contributed by atoms with Gasteiger partial charge in [0, 0.05) is 6.61 Å². The van der Waals surface area contributed by atoms with E-state index in [9.17, 15) is 0 Å². The lowest BCUT2D eigenvalue weighted by molar-refractivity contribution is -0.597. The molecule has 0 saturated carbocycles. The molecule has 0 radical (unpaired) electrons. The monoisotopic (exact) mass is 651 g/mol. The van der Waals surface area contributed by atoms with E-state index >= 15 is 0 Å². The zero-order chi connectivity index (χ0) is 27.2. The summed E-state index contributed by atoms with van der Waals surface area (Å²) in [5.74, 6) is 0.951. The molecule has 2 nitrogen and oxygen atoms in total. The van der Waals surface area contributed by atoms with E-state index in [2.05, 4.69) is 75.0 Å². The number of benzene rings is 2. The molecule has 0 atom stereocenters. The number of rotatable bonds is 24. The first-order valence-electron chi connectivity index (χ1n) is 15.7. The van der Waals surface area contributed by atoms with E-state index in [1.165, 1.54) is 109 Å². The summed E-state index contributed by atoms with van der Waals surface area (Å²) in [6, 6.07) is 23.9. The van der Waals surface area contributed by atoms with Gasteiger partial charge in [0.2, 0.25) is 0 Å². The maximum Gasteiger partial charge on any atom is 0.357 e. The predicted molar refractivity (Wildman–Crippen MR) is 164 cm³/mol. The van der Waals surface area contributed by atoms with Crippen molar-refractivity contribution in [3.8, 4) is 5.75 Å². The van der Waals surface area contributed by atoms with Gasteiger partial charge in [-0.15, -0.1) is 0 Å². The Morgan fingerprint density at radius 3 is 1.68 bits per heavy atom. The fourth-order valence-corrected chi connectivity index (χ4v) is 11.3. The van der Waals surface area contributed by atoms with Crippen LogP contribution in [0.2, 0.25) is 24.7 Å². The van der Waals surface area contributed by atoms with E-state index in [-0.39, 0.29) is 21.2 Å². The topological polar surface area (TPSA) is 18.5 Å². The molecule has 38 heavy (non-hydrogen) atoms. The molecule has 0 spiro atoms. The van der Waals surface area contributed by atoms with Gasteiger partial charge in [-0.2, -0.15) is 0 Å². The van der Waals surface area contributed by atoms with Crippen molar-refractivity contribution in [1.82, 2.24) is 0 Å². The van der Waals surface area contributed by atoms with E-state index < -0.39 is 8.07 Å². The van der Waals surface area contributed by atoms with Gasteiger partial charge in [-0.1, -0.05) is 134 Å². The van der Waals surface area contributed by atoms with Crippen molar-refractivity contribution in [2.75, 3.05) is 19.8 Å². The zero-order valence-corrected chi connectivity index (χ0v) is 28.0. The average molecular weight is 652 g/mol. The molecule has 2 rings (SSSR count). The largest absolute Gasteiger partial charge is 0.491 e. The molecule has 0 unspecified atom stereocenters. The molecule has 4 heteroatoms. The zero-order valence-electron chi connectivity index (χ0n) is 24.8. The van der Waals surface area contributed by atoms with Crippen LogP contribution in [0.15, 0.2) is 54.6 Å². The van der Waals surface area contributed by atoms with Gasteiger partial charge in [0.15, 0.2) is 7.14 Å². The molecule has 0 bridgehead atoms. The van der Waals surface area contributed by atoms with Gasteiger partial charge < -0.3 is 9.47 Å². The van der Waals surface area contributed by atoms with E-state index in [1.807, 2.05) is 0 Å². The summed E-state index contributed by atoms with van der Waals surface area (Å²) >= 11 is -0.112. The van der Waals surface area contributed by atoms with Crippen LogP contribution < -0.4 is 25.9 Å². The smallest absolute Gasteiger partial charge is 0.357 e. The van der Waals surface area contributed by atoms with E-state index in [0.717, 1.165) is 12.4 Å². The lowest BCUT2D eigenvalue weighted by atomic mass is 10.1. The molecule has 0 fully saturated rings. The molecule has 0 aliphatic rings. The molecule has 0 amide bonds. The highest BCUT2D eigenvalue weighted by Gasteiger charge is 2.25. The third kappa shape index (κ3) is 16.3.